The predicted molar refractivity (Wildman–Crippen MR) is 205 cm³/mol. The summed E-state index contributed by atoms with van der Waals surface area (Å²) in [5.41, 5.74) is 8.74. The second kappa shape index (κ2) is 13.4. The van der Waals surface area contributed by atoms with Crippen molar-refractivity contribution < 1.29 is 0 Å². The Balaban J connectivity index is 1.56. The van der Waals surface area contributed by atoms with Crippen molar-refractivity contribution >= 4 is 29.9 Å². The molecule has 47 heavy (non-hydrogen) atoms. The van der Waals surface area contributed by atoms with Crippen LogP contribution in [0.25, 0.3) is 11.1 Å². The van der Waals surface area contributed by atoms with E-state index in [4.69, 9.17) is 0 Å². The monoisotopic (exact) mass is 625 g/mol. The van der Waals surface area contributed by atoms with E-state index in [1.807, 2.05) is 6.08 Å². The molecule has 0 fully saturated rings. The molecule has 2 aliphatic rings. The van der Waals surface area contributed by atoms with Crippen LogP contribution in [0.3, 0.4) is 0 Å². The average molecular weight is 626 g/mol. The topological polar surface area (TPSA) is 3.24 Å². The van der Waals surface area contributed by atoms with E-state index in [0.717, 1.165) is 6.54 Å². The summed E-state index contributed by atoms with van der Waals surface area (Å²) in [7, 11) is -0.831. The molecule has 5 aromatic rings. The fourth-order valence-corrected chi connectivity index (χ4v) is 10.00. The van der Waals surface area contributed by atoms with Crippen LogP contribution in [0, 0.1) is 5.92 Å². The Labute approximate surface area is 281 Å². The number of rotatable bonds is 6. The van der Waals surface area contributed by atoms with Crippen molar-refractivity contribution in [3.8, 4) is 11.1 Å². The lowest BCUT2D eigenvalue weighted by atomic mass is 9.64. The molecule has 1 aliphatic heterocycles. The molecule has 0 N–H and O–H groups in total. The zero-order valence-electron chi connectivity index (χ0n) is 27.1. The first-order valence-electron chi connectivity index (χ1n) is 16.5. The maximum atomic E-state index is 4.09. The van der Waals surface area contributed by atoms with Crippen molar-refractivity contribution in [2.24, 2.45) is 5.92 Å². The molecular formula is C45H40NP. The molecule has 0 radical (unpaired) electrons. The van der Waals surface area contributed by atoms with Crippen LogP contribution >= 0.6 is 7.92 Å². The van der Waals surface area contributed by atoms with Gasteiger partial charge in [0.25, 0.3) is 0 Å². The van der Waals surface area contributed by atoms with Gasteiger partial charge < -0.3 is 4.90 Å². The molecule has 3 atom stereocenters. The highest BCUT2D eigenvalue weighted by Crippen LogP contribution is 2.59. The Morgan fingerprint density at radius 1 is 0.745 bits per heavy atom. The van der Waals surface area contributed by atoms with Crippen LogP contribution in [0.5, 0.6) is 0 Å². The van der Waals surface area contributed by atoms with Crippen LogP contribution in [0.15, 0.2) is 188 Å². The number of para-hydroxylation sites is 2. The summed E-state index contributed by atoms with van der Waals surface area (Å²) < 4.78 is 0. The van der Waals surface area contributed by atoms with Gasteiger partial charge in [-0.3, -0.25) is 0 Å². The summed E-state index contributed by atoms with van der Waals surface area (Å²) in [6.45, 7) is 9.37. The average Bonchev–Trinajstić information content (AvgIpc) is 3.41. The molecular weight excluding hydrogens is 585 g/mol. The van der Waals surface area contributed by atoms with Crippen molar-refractivity contribution in [1.29, 1.82) is 0 Å². The summed E-state index contributed by atoms with van der Waals surface area (Å²) in [6.07, 6.45) is 17.7. The van der Waals surface area contributed by atoms with Crippen molar-refractivity contribution in [1.82, 2.24) is 0 Å². The van der Waals surface area contributed by atoms with Gasteiger partial charge in [0, 0.05) is 17.9 Å². The van der Waals surface area contributed by atoms with Crippen molar-refractivity contribution in [3.05, 3.63) is 205 Å². The van der Waals surface area contributed by atoms with Gasteiger partial charge in [-0.05, 0) is 88.8 Å². The van der Waals surface area contributed by atoms with Crippen LogP contribution in [0.1, 0.15) is 30.5 Å². The van der Waals surface area contributed by atoms with E-state index < -0.39 is 13.3 Å². The van der Waals surface area contributed by atoms with Crippen molar-refractivity contribution in [3.63, 3.8) is 0 Å². The number of hydrogen-bond donors (Lipinski definition) is 0. The largest absolute Gasteiger partial charge is 0.337 e. The Morgan fingerprint density at radius 3 is 2.19 bits per heavy atom. The van der Waals surface area contributed by atoms with E-state index in [2.05, 4.69) is 195 Å². The van der Waals surface area contributed by atoms with Gasteiger partial charge in [0.05, 0.1) is 5.41 Å². The van der Waals surface area contributed by atoms with E-state index in [9.17, 15) is 0 Å². The molecule has 0 bridgehead atoms. The Hall–Kier alpha value is -4.97. The molecule has 1 heterocycles. The van der Waals surface area contributed by atoms with Gasteiger partial charge in [-0.1, -0.05) is 165 Å². The fraction of sp³-hybridized carbons (Fsp3) is 0.111. The van der Waals surface area contributed by atoms with Gasteiger partial charge in [0.15, 0.2) is 0 Å². The molecule has 7 rings (SSSR count). The molecule has 1 aliphatic carbocycles. The molecule has 5 aromatic carbocycles. The van der Waals surface area contributed by atoms with Crippen molar-refractivity contribution in [2.45, 2.75) is 19.3 Å². The van der Waals surface area contributed by atoms with E-state index in [1.165, 1.54) is 55.1 Å². The van der Waals surface area contributed by atoms with Crippen LogP contribution in [0.4, 0.5) is 11.4 Å². The lowest BCUT2D eigenvalue weighted by Gasteiger charge is -2.41. The first-order chi connectivity index (χ1) is 23.2. The van der Waals surface area contributed by atoms with E-state index >= 15 is 0 Å². The molecule has 230 valence electrons. The summed E-state index contributed by atoms with van der Waals surface area (Å²) in [6, 6.07) is 47.3. The second-order valence-electron chi connectivity index (χ2n) is 12.1. The molecule has 0 amide bonds. The van der Waals surface area contributed by atoms with Crippen LogP contribution < -0.4 is 15.5 Å². The number of hydrogen-bond acceptors (Lipinski definition) is 1. The zero-order valence-corrected chi connectivity index (χ0v) is 28.0. The van der Waals surface area contributed by atoms with Gasteiger partial charge in [0.2, 0.25) is 0 Å². The third-order valence-corrected chi connectivity index (χ3v) is 12.0. The van der Waals surface area contributed by atoms with Gasteiger partial charge in [-0.15, -0.1) is 0 Å². The Kier molecular flexibility index (Phi) is 8.75. The normalized spacial score (nSPS) is 20.7. The third-order valence-electron chi connectivity index (χ3n) is 9.53. The van der Waals surface area contributed by atoms with Gasteiger partial charge >= 0.3 is 0 Å². The summed E-state index contributed by atoms with van der Waals surface area (Å²) in [5.74, 6) is 0.170. The summed E-state index contributed by atoms with van der Waals surface area (Å²) >= 11 is 0. The number of anilines is 2. The minimum absolute atomic E-state index is 0.170. The van der Waals surface area contributed by atoms with Crippen molar-refractivity contribution in [2.75, 3.05) is 11.4 Å². The third kappa shape index (κ3) is 5.36. The number of fused-ring (bicyclic) bond motifs is 7. The first kappa shape index (κ1) is 30.7. The molecule has 0 saturated carbocycles. The smallest absolute Gasteiger partial charge is 0.0544 e. The first-order valence-corrected chi connectivity index (χ1v) is 17.8. The number of benzene rings is 5. The molecule has 2 heteroatoms. The quantitative estimate of drug-likeness (QED) is 0.134. The van der Waals surface area contributed by atoms with Crippen LogP contribution in [-0.2, 0) is 5.41 Å². The minimum Gasteiger partial charge on any atom is -0.337 e. The molecule has 1 nitrogen and oxygen atoms in total. The SMILES string of the molecule is C=C/C=C(\C=C/C)P(c1ccccc1)c1ccc2c(c1)C1(c3ccccc3-2)c2ccccc2N(c2ccccc2)C/C=C\C=C/C1C. The number of allylic oxidation sites excluding steroid dienone is 8. The Bertz CT molecular complexity index is 2020. The van der Waals surface area contributed by atoms with E-state index in [-0.39, 0.29) is 5.92 Å². The van der Waals surface area contributed by atoms with E-state index in [0.29, 0.717) is 0 Å². The van der Waals surface area contributed by atoms with Gasteiger partial charge in [0.1, 0.15) is 0 Å². The maximum Gasteiger partial charge on any atom is 0.0544 e. The van der Waals surface area contributed by atoms with Crippen LogP contribution in [0.2, 0.25) is 0 Å². The molecule has 3 unspecified atom stereocenters. The maximum absolute atomic E-state index is 4.09. The number of nitrogens with zero attached hydrogens (tertiary/aromatic N) is 1. The van der Waals surface area contributed by atoms with Gasteiger partial charge in [-0.25, -0.2) is 0 Å². The van der Waals surface area contributed by atoms with Gasteiger partial charge in [-0.2, -0.15) is 0 Å². The molecule has 0 aromatic heterocycles. The summed E-state index contributed by atoms with van der Waals surface area (Å²) in [5, 5.41) is 3.96. The molecule has 0 saturated heterocycles. The predicted octanol–water partition coefficient (Wildman–Crippen LogP) is 11.0. The summed E-state index contributed by atoms with van der Waals surface area (Å²) in [4.78, 5) is 2.47. The minimum atomic E-state index is -0.831. The Morgan fingerprint density at radius 2 is 1.43 bits per heavy atom. The van der Waals surface area contributed by atoms with Crippen LogP contribution in [-0.4, -0.2) is 6.54 Å². The fourth-order valence-electron chi connectivity index (χ4n) is 7.60. The highest BCUT2D eigenvalue weighted by molar-refractivity contribution is 7.77. The highest BCUT2D eigenvalue weighted by Gasteiger charge is 2.49. The zero-order chi connectivity index (χ0) is 32.2. The second-order valence-corrected chi connectivity index (χ2v) is 14.4. The van der Waals surface area contributed by atoms with E-state index in [1.54, 1.807) is 0 Å². The lowest BCUT2D eigenvalue weighted by molar-refractivity contribution is 0.493. The standard InChI is InChI=1S/C45H40NP/c1-4-19-36(20-5-2)47(37-24-12-7-13-25-37)38-30-31-40-39-26-14-15-27-41(39)45(43(40)33-38)34(3)21-9-8-18-32-46(35-22-10-6-11-23-35)44-29-17-16-28-42(44)45/h4-31,33-34H,1,32H2,2-3H3/b18-8-,20-5-,21-9-,36-19+. The molecule has 1 spiro atoms. The lowest BCUT2D eigenvalue weighted by Crippen LogP contribution is -2.36. The highest BCUT2D eigenvalue weighted by atomic mass is 31.1.